The van der Waals surface area contributed by atoms with E-state index in [-0.39, 0.29) is 13.1 Å². The first-order chi connectivity index (χ1) is 11.7. The monoisotopic (exact) mass is 400 g/mol. The SMILES string of the molecule is Cc1ccc(N(CC(=O)NCc2ccc(Cl)cc2Cl)S(C)(=O)=O)cc1. The van der Waals surface area contributed by atoms with Crippen LogP contribution < -0.4 is 9.62 Å². The maximum atomic E-state index is 12.2. The first kappa shape index (κ1) is 19.6. The average molecular weight is 401 g/mol. The van der Waals surface area contributed by atoms with Gasteiger partial charge in [-0.3, -0.25) is 9.10 Å². The van der Waals surface area contributed by atoms with Gasteiger partial charge in [0, 0.05) is 16.6 Å². The van der Waals surface area contributed by atoms with E-state index in [1.165, 1.54) is 0 Å². The smallest absolute Gasteiger partial charge is 0.241 e. The lowest BCUT2D eigenvalue weighted by Crippen LogP contribution is -2.40. The third kappa shape index (κ3) is 5.63. The van der Waals surface area contributed by atoms with Gasteiger partial charge in [0.25, 0.3) is 0 Å². The van der Waals surface area contributed by atoms with Crippen LogP contribution in [0.4, 0.5) is 5.69 Å². The highest BCUT2D eigenvalue weighted by atomic mass is 35.5. The van der Waals surface area contributed by atoms with Crippen molar-refractivity contribution in [3.63, 3.8) is 0 Å². The Bertz CT molecular complexity index is 868. The van der Waals surface area contributed by atoms with Crippen LogP contribution in [0, 0.1) is 6.92 Å². The summed E-state index contributed by atoms with van der Waals surface area (Å²) in [5, 5.41) is 3.61. The summed E-state index contributed by atoms with van der Waals surface area (Å²) >= 11 is 11.9. The highest BCUT2D eigenvalue weighted by Gasteiger charge is 2.20. The zero-order valence-corrected chi connectivity index (χ0v) is 16.1. The zero-order valence-electron chi connectivity index (χ0n) is 13.8. The molecule has 0 fully saturated rings. The van der Waals surface area contributed by atoms with Gasteiger partial charge >= 0.3 is 0 Å². The number of benzene rings is 2. The summed E-state index contributed by atoms with van der Waals surface area (Å²) in [6, 6.07) is 11.9. The molecule has 0 saturated carbocycles. The molecule has 0 bridgehead atoms. The Morgan fingerprint density at radius 3 is 2.32 bits per heavy atom. The Morgan fingerprint density at radius 1 is 1.12 bits per heavy atom. The summed E-state index contributed by atoms with van der Waals surface area (Å²) < 4.78 is 25.1. The molecule has 0 unspecified atom stereocenters. The number of carbonyl (C=O) groups is 1. The highest BCUT2D eigenvalue weighted by molar-refractivity contribution is 7.92. The lowest BCUT2D eigenvalue weighted by atomic mass is 10.2. The van der Waals surface area contributed by atoms with E-state index in [1.807, 2.05) is 6.92 Å². The first-order valence-electron chi connectivity index (χ1n) is 7.42. The second-order valence-corrected chi connectivity index (χ2v) is 8.37. The Hall–Kier alpha value is -1.76. The Labute approximate surface area is 157 Å². The van der Waals surface area contributed by atoms with Crippen LogP contribution in [0.3, 0.4) is 0 Å². The lowest BCUT2D eigenvalue weighted by Gasteiger charge is -2.22. The molecule has 0 aliphatic rings. The largest absolute Gasteiger partial charge is 0.350 e. The van der Waals surface area contributed by atoms with Crippen LogP contribution in [0.5, 0.6) is 0 Å². The minimum absolute atomic E-state index is 0.181. The van der Waals surface area contributed by atoms with Crippen molar-refractivity contribution in [3.05, 3.63) is 63.6 Å². The molecule has 134 valence electrons. The van der Waals surface area contributed by atoms with Gasteiger partial charge in [-0.1, -0.05) is 47.0 Å². The fraction of sp³-hybridized carbons (Fsp3) is 0.235. The molecule has 0 spiro atoms. The summed E-state index contributed by atoms with van der Waals surface area (Å²) in [7, 11) is -3.59. The molecule has 1 amide bonds. The Balaban J connectivity index is 2.08. The Kier molecular flexibility index (Phi) is 6.32. The molecular formula is C17H18Cl2N2O3S. The molecule has 25 heavy (non-hydrogen) atoms. The van der Waals surface area contributed by atoms with Crippen molar-refractivity contribution in [2.24, 2.45) is 0 Å². The van der Waals surface area contributed by atoms with E-state index >= 15 is 0 Å². The van der Waals surface area contributed by atoms with Gasteiger partial charge in [-0.2, -0.15) is 0 Å². The van der Waals surface area contributed by atoms with Gasteiger partial charge in [0.05, 0.1) is 11.9 Å². The number of rotatable bonds is 6. The molecule has 2 aromatic carbocycles. The molecule has 0 saturated heterocycles. The quantitative estimate of drug-likeness (QED) is 0.807. The van der Waals surface area contributed by atoms with Crippen molar-refractivity contribution in [2.45, 2.75) is 13.5 Å². The summed E-state index contributed by atoms with van der Waals surface area (Å²) in [6.07, 6.45) is 1.07. The van der Waals surface area contributed by atoms with Crippen LogP contribution in [-0.2, 0) is 21.4 Å². The van der Waals surface area contributed by atoms with Crippen molar-refractivity contribution in [2.75, 3.05) is 17.1 Å². The number of amides is 1. The van der Waals surface area contributed by atoms with Gasteiger partial charge in [0.15, 0.2) is 0 Å². The number of halogens is 2. The molecule has 2 aromatic rings. The molecule has 1 N–H and O–H groups in total. The third-order valence-electron chi connectivity index (χ3n) is 3.50. The number of sulfonamides is 1. The molecule has 0 aromatic heterocycles. The van der Waals surface area contributed by atoms with Gasteiger partial charge < -0.3 is 5.32 Å². The van der Waals surface area contributed by atoms with E-state index in [0.29, 0.717) is 21.3 Å². The molecule has 5 nitrogen and oxygen atoms in total. The minimum Gasteiger partial charge on any atom is -0.350 e. The van der Waals surface area contributed by atoms with Crippen molar-refractivity contribution in [1.82, 2.24) is 5.32 Å². The topological polar surface area (TPSA) is 66.5 Å². The normalized spacial score (nSPS) is 11.2. The van der Waals surface area contributed by atoms with Crippen LogP contribution >= 0.6 is 23.2 Å². The van der Waals surface area contributed by atoms with Crippen LogP contribution in [0.15, 0.2) is 42.5 Å². The number of nitrogens with zero attached hydrogens (tertiary/aromatic N) is 1. The van der Waals surface area contributed by atoms with E-state index in [9.17, 15) is 13.2 Å². The van der Waals surface area contributed by atoms with Gasteiger partial charge in [-0.25, -0.2) is 8.42 Å². The Morgan fingerprint density at radius 2 is 1.76 bits per heavy atom. The van der Waals surface area contributed by atoms with Crippen molar-refractivity contribution < 1.29 is 13.2 Å². The summed E-state index contributed by atoms with van der Waals surface area (Å²) in [5.41, 5.74) is 2.13. The minimum atomic E-state index is -3.59. The van der Waals surface area contributed by atoms with E-state index in [1.54, 1.807) is 42.5 Å². The molecule has 0 radical (unpaired) electrons. The maximum Gasteiger partial charge on any atom is 0.241 e. The molecular weight excluding hydrogens is 383 g/mol. The molecule has 0 aliphatic heterocycles. The zero-order chi connectivity index (χ0) is 18.6. The average Bonchev–Trinajstić information content (AvgIpc) is 2.52. The van der Waals surface area contributed by atoms with Crippen LogP contribution in [-0.4, -0.2) is 27.1 Å². The van der Waals surface area contributed by atoms with Gasteiger partial charge in [-0.05, 0) is 36.8 Å². The van der Waals surface area contributed by atoms with Gasteiger partial charge in [0.1, 0.15) is 6.54 Å². The number of aryl methyl sites for hydroxylation is 1. The van der Waals surface area contributed by atoms with Crippen LogP contribution in [0.2, 0.25) is 10.0 Å². The molecule has 0 atom stereocenters. The fourth-order valence-electron chi connectivity index (χ4n) is 2.16. The number of anilines is 1. The predicted octanol–water partition coefficient (Wildman–Crippen LogP) is 3.38. The van der Waals surface area contributed by atoms with Crippen molar-refractivity contribution >= 4 is 44.8 Å². The number of hydrogen-bond acceptors (Lipinski definition) is 3. The maximum absolute atomic E-state index is 12.2. The van der Waals surface area contributed by atoms with Crippen molar-refractivity contribution in [3.8, 4) is 0 Å². The first-order valence-corrected chi connectivity index (χ1v) is 10.0. The number of hydrogen-bond donors (Lipinski definition) is 1. The molecule has 8 heteroatoms. The third-order valence-corrected chi connectivity index (χ3v) is 5.23. The predicted molar refractivity (Wildman–Crippen MR) is 102 cm³/mol. The standard InChI is InChI=1S/C17H18Cl2N2O3S/c1-12-3-7-15(8-4-12)21(25(2,23)24)11-17(22)20-10-13-5-6-14(18)9-16(13)19/h3-9H,10-11H2,1-2H3,(H,20,22). The van der Waals surface area contributed by atoms with Crippen LogP contribution in [0.25, 0.3) is 0 Å². The van der Waals surface area contributed by atoms with E-state index in [0.717, 1.165) is 16.1 Å². The van der Waals surface area contributed by atoms with Gasteiger partial charge in [-0.15, -0.1) is 0 Å². The van der Waals surface area contributed by atoms with E-state index in [2.05, 4.69) is 5.32 Å². The van der Waals surface area contributed by atoms with Crippen molar-refractivity contribution in [1.29, 1.82) is 0 Å². The fourth-order valence-corrected chi connectivity index (χ4v) is 3.49. The van der Waals surface area contributed by atoms with E-state index in [4.69, 9.17) is 23.2 Å². The lowest BCUT2D eigenvalue weighted by molar-refractivity contribution is -0.119. The molecule has 0 aliphatic carbocycles. The van der Waals surface area contributed by atoms with Crippen LogP contribution in [0.1, 0.15) is 11.1 Å². The highest BCUT2D eigenvalue weighted by Crippen LogP contribution is 2.21. The number of nitrogens with one attached hydrogen (secondary N) is 1. The summed E-state index contributed by atoms with van der Waals surface area (Å²) in [4.78, 5) is 12.2. The van der Waals surface area contributed by atoms with Gasteiger partial charge in [0.2, 0.25) is 15.9 Å². The second kappa shape index (κ2) is 8.08. The number of carbonyl (C=O) groups excluding carboxylic acids is 1. The summed E-state index contributed by atoms with van der Waals surface area (Å²) in [6.45, 7) is 1.77. The molecule has 2 rings (SSSR count). The van der Waals surface area contributed by atoms with E-state index < -0.39 is 15.9 Å². The second-order valence-electron chi connectivity index (χ2n) is 5.62. The molecule has 0 heterocycles. The summed E-state index contributed by atoms with van der Waals surface area (Å²) in [5.74, 6) is -0.433.